The molecular formula is C19H24N2O3. The molecule has 24 heavy (non-hydrogen) atoms. The third-order valence-electron chi connectivity index (χ3n) is 4.46. The van der Waals surface area contributed by atoms with Crippen molar-refractivity contribution in [2.75, 3.05) is 13.2 Å². The Bertz CT molecular complexity index is 695. The summed E-state index contributed by atoms with van der Waals surface area (Å²) in [5, 5.41) is 0. The average molecular weight is 328 g/mol. The molecular weight excluding hydrogens is 304 g/mol. The lowest BCUT2D eigenvalue weighted by Crippen LogP contribution is -2.45. The van der Waals surface area contributed by atoms with Crippen LogP contribution in [0.4, 0.5) is 0 Å². The number of aromatic nitrogens is 1. The number of rotatable bonds is 5. The molecule has 0 spiro atoms. The van der Waals surface area contributed by atoms with E-state index in [1.165, 1.54) is 0 Å². The minimum Gasteiger partial charge on any atom is -0.465 e. The largest absolute Gasteiger partial charge is 0.465 e. The van der Waals surface area contributed by atoms with Crippen LogP contribution in [-0.2, 0) is 16.1 Å². The molecule has 0 aliphatic carbocycles. The Morgan fingerprint density at radius 1 is 1.38 bits per heavy atom. The summed E-state index contributed by atoms with van der Waals surface area (Å²) in [5.41, 5.74) is 2.99. The topological polar surface area (TPSA) is 55.6 Å². The lowest BCUT2D eigenvalue weighted by molar-refractivity contribution is -0.151. The third kappa shape index (κ3) is 3.67. The van der Waals surface area contributed by atoms with Crippen molar-refractivity contribution in [3.05, 3.63) is 41.8 Å². The van der Waals surface area contributed by atoms with Crippen molar-refractivity contribution in [3.8, 4) is 11.5 Å². The first kappa shape index (κ1) is 16.7. The number of carbonyl (C=O) groups is 1. The van der Waals surface area contributed by atoms with Gasteiger partial charge in [0, 0.05) is 12.1 Å². The molecule has 3 rings (SSSR count). The summed E-state index contributed by atoms with van der Waals surface area (Å²) in [5.74, 6) is 0.507. The summed E-state index contributed by atoms with van der Waals surface area (Å²) in [7, 11) is 0. The molecule has 0 radical (unpaired) electrons. The third-order valence-corrected chi connectivity index (χ3v) is 4.46. The molecule has 1 saturated heterocycles. The van der Waals surface area contributed by atoms with Crippen molar-refractivity contribution in [1.29, 1.82) is 0 Å². The predicted molar refractivity (Wildman–Crippen MR) is 91.4 cm³/mol. The lowest BCUT2D eigenvalue weighted by atomic mass is 10.0. The summed E-state index contributed by atoms with van der Waals surface area (Å²) >= 11 is 0. The molecule has 0 bridgehead atoms. The Labute approximate surface area is 142 Å². The number of piperidine rings is 1. The minimum absolute atomic E-state index is 0.125. The standard InChI is InChI=1S/C19H24N2O3/c1-3-23-19(22)17-10-6-7-11-21(17)12-15-13-24-18(20-15)16-9-5-4-8-14(16)2/h4-5,8-9,13,17H,3,6-7,10-12H2,1-2H3. The maximum Gasteiger partial charge on any atom is 0.323 e. The highest BCUT2D eigenvalue weighted by molar-refractivity contribution is 5.75. The first-order chi connectivity index (χ1) is 11.7. The predicted octanol–water partition coefficient (Wildman–Crippen LogP) is 3.57. The van der Waals surface area contributed by atoms with E-state index in [4.69, 9.17) is 9.15 Å². The monoisotopic (exact) mass is 328 g/mol. The second-order valence-electron chi connectivity index (χ2n) is 6.19. The highest BCUT2D eigenvalue weighted by Crippen LogP contribution is 2.25. The summed E-state index contributed by atoms with van der Waals surface area (Å²) < 4.78 is 10.9. The number of hydrogen-bond acceptors (Lipinski definition) is 5. The minimum atomic E-state index is -0.169. The Balaban J connectivity index is 1.73. The highest BCUT2D eigenvalue weighted by atomic mass is 16.5. The van der Waals surface area contributed by atoms with Crippen molar-refractivity contribution in [2.24, 2.45) is 0 Å². The van der Waals surface area contributed by atoms with Gasteiger partial charge in [-0.25, -0.2) is 4.98 Å². The molecule has 5 nitrogen and oxygen atoms in total. The van der Waals surface area contributed by atoms with Crippen molar-refractivity contribution >= 4 is 5.97 Å². The molecule has 1 aromatic carbocycles. The maximum absolute atomic E-state index is 12.2. The first-order valence-electron chi connectivity index (χ1n) is 8.60. The van der Waals surface area contributed by atoms with Crippen molar-refractivity contribution in [3.63, 3.8) is 0 Å². The van der Waals surface area contributed by atoms with Gasteiger partial charge in [0.15, 0.2) is 0 Å². The Morgan fingerprint density at radius 3 is 3.00 bits per heavy atom. The molecule has 2 aromatic rings. The van der Waals surface area contributed by atoms with E-state index in [1.54, 1.807) is 6.26 Å². The molecule has 1 atom stereocenters. The fraction of sp³-hybridized carbons (Fsp3) is 0.474. The zero-order chi connectivity index (χ0) is 16.9. The second-order valence-corrected chi connectivity index (χ2v) is 6.19. The number of oxazole rings is 1. The summed E-state index contributed by atoms with van der Waals surface area (Å²) in [6, 6.07) is 7.86. The molecule has 1 aliphatic rings. The molecule has 1 aromatic heterocycles. The van der Waals surface area contributed by atoms with Gasteiger partial charge in [0.05, 0.1) is 12.3 Å². The van der Waals surface area contributed by atoms with Crippen molar-refractivity contribution in [1.82, 2.24) is 9.88 Å². The zero-order valence-corrected chi connectivity index (χ0v) is 14.3. The molecule has 2 heterocycles. The average Bonchev–Trinajstić information content (AvgIpc) is 3.04. The fourth-order valence-electron chi connectivity index (χ4n) is 3.21. The van der Waals surface area contributed by atoms with Crippen LogP contribution in [0.2, 0.25) is 0 Å². The van der Waals surface area contributed by atoms with Gasteiger partial charge in [0.2, 0.25) is 5.89 Å². The normalized spacial score (nSPS) is 18.5. The molecule has 5 heteroatoms. The van der Waals surface area contributed by atoms with Gasteiger partial charge in [-0.3, -0.25) is 9.69 Å². The van der Waals surface area contributed by atoms with Gasteiger partial charge in [-0.15, -0.1) is 0 Å². The van der Waals surface area contributed by atoms with E-state index >= 15 is 0 Å². The number of nitrogens with zero attached hydrogens (tertiary/aromatic N) is 2. The highest BCUT2D eigenvalue weighted by Gasteiger charge is 2.30. The van der Waals surface area contributed by atoms with Crippen LogP contribution in [0.3, 0.4) is 0 Å². The molecule has 1 fully saturated rings. The van der Waals surface area contributed by atoms with Crippen LogP contribution < -0.4 is 0 Å². The van der Waals surface area contributed by atoms with Crippen molar-refractivity contribution < 1.29 is 13.9 Å². The van der Waals surface area contributed by atoms with Crippen LogP contribution >= 0.6 is 0 Å². The number of aryl methyl sites for hydroxylation is 1. The molecule has 0 saturated carbocycles. The maximum atomic E-state index is 12.2. The van der Waals surface area contributed by atoms with Gasteiger partial charge < -0.3 is 9.15 Å². The quantitative estimate of drug-likeness (QED) is 0.785. The molecule has 0 amide bonds. The summed E-state index contributed by atoms with van der Waals surface area (Å²) in [6.45, 7) is 5.80. The smallest absolute Gasteiger partial charge is 0.323 e. The zero-order valence-electron chi connectivity index (χ0n) is 14.3. The van der Waals surface area contributed by atoms with Crippen LogP contribution in [0.1, 0.15) is 37.4 Å². The first-order valence-corrected chi connectivity index (χ1v) is 8.60. The van der Waals surface area contributed by atoms with E-state index in [2.05, 4.69) is 9.88 Å². The van der Waals surface area contributed by atoms with E-state index in [-0.39, 0.29) is 12.0 Å². The number of esters is 1. The van der Waals surface area contributed by atoms with Gasteiger partial charge in [-0.2, -0.15) is 0 Å². The van der Waals surface area contributed by atoms with Crippen LogP contribution in [-0.4, -0.2) is 35.0 Å². The van der Waals surface area contributed by atoms with Gasteiger partial charge in [0.25, 0.3) is 0 Å². The van der Waals surface area contributed by atoms with Crippen LogP contribution in [0.15, 0.2) is 34.9 Å². The van der Waals surface area contributed by atoms with Crippen LogP contribution in [0, 0.1) is 6.92 Å². The SMILES string of the molecule is CCOC(=O)C1CCCCN1Cc1coc(-c2ccccc2C)n1. The lowest BCUT2D eigenvalue weighted by Gasteiger charge is -2.33. The molecule has 128 valence electrons. The van der Waals surface area contributed by atoms with Gasteiger partial charge in [-0.05, 0) is 44.9 Å². The van der Waals surface area contributed by atoms with Gasteiger partial charge in [-0.1, -0.05) is 24.6 Å². The Morgan fingerprint density at radius 2 is 2.21 bits per heavy atom. The van der Waals surface area contributed by atoms with E-state index in [1.807, 2.05) is 38.1 Å². The summed E-state index contributed by atoms with van der Waals surface area (Å²) in [6.07, 6.45) is 4.70. The number of benzene rings is 1. The second kappa shape index (κ2) is 7.62. The Kier molecular flexibility index (Phi) is 5.30. The van der Waals surface area contributed by atoms with Gasteiger partial charge >= 0.3 is 5.97 Å². The van der Waals surface area contributed by atoms with Crippen LogP contribution in [0.5, 0.6) is 0 Å². The molecule has 1 aliphatic heterocycles. The molecule has 1 unspecified atom stereocenters. The summed E-state index contributed by atoms with van der Waals surface area (Å²) in [4.78, 5) is 18.9. The van der Waals surface area contributed by atoms with E-state index in [9.17, 15) is 4.79 Å². The number of hydrogen-bond donors (Lipinski definition) is 0. The van der Waals surface area contributed by atoms with E-state index in [0.29, 0.717) is 19.0 Å². The molecule has 0 N–H and O–H groups in total. The number of likely N-dealkylation sites (tertiary alicyclic amines) is 1. The van der Waals surface area contributed by atoms with Crippen LogP contribution in [0.25, 0.3) is 11.5 Å². The van der Waals surface area contributed by atoms with Crippen molar-refractivity contribution in [2.45, 2.75) is 45.7 Å². The number of ether oxygens (including phenoxy) is 1. The number of carbonyl (C=O) groups excluding carboxylic acids is 1. The van der Waals surface area contributed by atoms with E-state index < -0.39 is 0 Å². The van der Waals surface area contributed by atoms with Gasteiger partial charge in [0.1, 0.15) is 12.3 Å². The van der Waals surface area contributed by atoms with E-state index in [0.717, 1.165) is 42.6 Å². The Hall–Kier alpha value is -2.14. The fourth-order valence-corrected chi connectivity index (χ4v) is 3.21.